The number of nitrogens with one attached hydrogen (secondary N) is 1. The van der Waals surface area contributed by atoms with Gasteiger partial charge in [0.25, 0.3) is 0 Å². The third kappa shape index (κ3) is 3.71. The topological polar surface area (TPSA) is 41.3 Å². The molecule has 1 aromatic heterocycles. The predicted molar refractivity (Wildman–Crippen MR) is 89.3 cm³/mol. The molecule has 4 heteroatoms. The molecule has 0 bridgehead atoms. The lowest BCUT2D eigenvalue weighted by Crippen LogP contribution is -2.52. The van der Waals surface area contributed by atoms with E-state index in [0.29, 0.717) is 6.54 Å². The first kappa shape index (κ1) is 14.7. The number of nitrogens with two attached hydrogens (primary N) is 1. The highest BCUT2D eigenvalue weighted by atomic mass is 32.1. The molecular formula is C17H23N3S. The van der Waals surface area contributed by atoms with Crippen molar-refractivity contribution in [3.05, 3.63) is 58.3 Å². The standard InChI is InChI=1S/C17H23N3S/c18-13-17(19-11-16-7-4-10-21-16)8-9-20(14-17)12-15-5-2-1-3-6-15/h1-7,10,19H,8-9,11-14,18H2. The van der Waals surface area contributed by atoms with Gasteiger partial charge in [-0.25, -0.2) is 0 Å². The number of hydrogen-bond acceptors (Lipinski definition) is 4. The molecule has 3 nitrogen and oxygen atoms in total. The Balaban J connectivity index is 1.57. The van der Waals surface area contributed by atoms with Gasteiger partial charge in [0.2, 0.25) is 0 Å². The Labute approximate surface area is 130 Å². The Morgan fingerprint density at radius 2 is 2.05 bits per heavy atom. The van der Waals surface area contributed by atoms with Crippen molar-refractivity contribution in [2.24, 2.45) is 5.73 Å². The van der Waals surface area contributed by atoms with Crippen molar-refractivity contribution in [3.8, 4) is 0 Å². The van der Waals surface area contributed by atoms with Crippen LogP contribution in [-0.4, -0.2) is 30.1 Å². The van der Waals surface area contributed by atoms with Crippen molar-refractivity contribution in [2.45, 2.75) is 25.0 Å². The maximum atomic E-state index is 6.08. The van der Waals surface area contributed by atoms with Crippen LogP contribution in [0.2, 0.25) is 0 Å². The molecule has 21 heavy (non-hydrogen) atoms. The lowest BCUT2D eigenvalue weighted by Gasteiger charge is -2.29. The van der Waals surface area contributed by atoms with E-state index in [-0.39, 0.29) is 5.54 Å². The van der Waals surface area contributed by atoms with E-state index < -0.39 is 0 Å². The smallest absolute Gasteiger partial charge is 0.0447 e. The van der Waals surface area contributed by atoms with Crippen molar-refractivity contribution in [1.82, 2.24) is 10.2 Å². The molecule has 1 fully saturated rings. The fourth-order valence-corrected chi connectivity index (χ4v) is 3.65. The summed E-state index contributed by atoms with van der Waals surface area (Å²) in [6.45, 7) is 4.79. The van der Waals surface area contributed by atoms with Gasteiger partial charge in [-0.1, -0.05) is 36.4 Å². The van der Waals surface area contributed by atoms with Crippen molar-refractivity contribution >= 4 is 11.3 Å². The molecule has 0 amide bonds. The van der Waals surface area contributed by atoms with E-state index in [2.05, 4.69) is 58.1 Å². The summed E-state index contributed by atoms with van der Waals surface area (Å²) in [5.74, 6) is 0. The second-order valence-electron chi connectivity index (χ2n) is 5.86. The van der Waals surface area contributed by atoms with E-state index in [1.807, 2.05) is 0 Å². The van der Waals surface area contributed by atoms with Crippen LogP contribution in [0.3, 0.4) is 0 Å². The fraction of sp³-hybridized carbons (Fsp3) is 0.412. The maximum Gasteiger partial charge on any atom is 0.0447 e. The van der Waals surface area contributed by atoms with Crippen LogP contribution < -0.4 is 11.1 Å². The molecule has 112 valence electrons. The monoisotopic (exact) mass is 301 g/mol. The van der Waals surface area contributed by atoms with Crippen molar-refractivity contribution < 1.29 is 0 Å². The summed E-state index contributed by atoms with van der Waals surface area (Å²) in [6, 6.07) is 15.0. The van der Waals surface area contributed by atoms with Crippen LogP contribution in [0.15, 0.2) is 47.8 Å². The fourth-order valence-electron chi connectivity index (χ4n) is 3.01. The number of nitrogens with zero attached hydrogens (tertiary/aromatic N) is 1. The highest BCUT2D eigenvalue weighted by Crippen LogP contribution is 2.23. The van der Waals surface area contributed by atoms with Crippen LogP contribution in [-0.2, 0) is 13.1 Å². The summed E-state index contributed by atoms with van der Waals surface area (Å²) < 4.78 is 0. The summed E-state index contributed by atoms with van der Waals surface area (Å²) in [6.07, 6.45) is 1.13. The minimum atomic E-state index is 0.0682. The van der Waals surface area contributed by atoms with Crippen LogP contribution in [0, 0.1) is 0 Å². The largest absolute Gasteiger partial charge is 0.329 e. The zero-order valence-corrected chi connectivity index (χ0v) is 13.1. The molecular weight excluding hydrogens is 278 g/mol. The van der Waals surface area contributed by atoms with Crippen molar-refractivity contribution in [1.29, 1.82) is 0 Å². The third-order valence-electron chi connectivity index (χ3n) is 4.29. The van der Waals surface area contributed by atoms with Crippen LogP contribution in [0.5, 0.6) is 0 Å². The van der Waals surface area contributed by atoms with Crippen LogP contribution in [0.25, 0.3) is 0 Å². The molecule has 1 saturated heterocycles. The minimum absolute atomic E-state index is 0.0682. The summed E-state index contributed by atoms with van der Waals surface area (Å²) in [5, 5.41) is 5.83. The molecule has 1 unspecified atom stereocenters. The highest BCUT2D eigenvalue weighted by molar-refractivity contribution is 7.09. The van der Waals surface area contributed by atoms with E-state index in [9.17, 15) is 0 Å². The zero-order chi connectivity index (χ0) is 14.5. The van der Waals surface area contributed by atoms with Crippen LogP contribution in [0.4, 0.5) is 0 Å². The number of benzene rings is 1. The van der Waals surface area contributed by atoms with Gasteiger partial charge in [0.05, 0.1) is 0 Å². The second kappa shape index (κ2) is 6.71. The zero-order valence-electron chi connectivity index (χ0n) is 12.3. The van der Waals surface area contributed by atoms with Gasteiger partial charge >= 0.3 is 0 Å². The van der Waals surface area contributed by atoms with E-state index in [1.54, 1.807) is 11.3 Å². The van der Waals surface area contributed by atoms with Gasteiger partial charge in [0.15, 0.2) is 0 Å². The highest BCUT2D eigenvalue weighted by Gasteiger charge is 2.36. The van der Waals surface area contributed by atoms with E-state index in [1.165, 1.54) is 10.4 Å². The Morgan fingerprint density at radius 1 is 1.19 bits per heavy atom. The van der Waals surface area contributed by atoms with Gasteiger partial charge in [-0.05, 0) is 23.4 Å². The summed E-state index contributed by atoms with van der Waals surface area (Å²) in [5.41, 5.74) is 7.52. The molecule has 1 atom stereocenters. The van der Waals surface area contributed by atoms with E-state index in [0.717, 1.165) is 32.6 Å². The van der Waals surface area contributed by atoms with Gasteiger partial charge in [-0.3, -0.25) is 4.90 Å². The van der Waals surface area contributed by atoms with E-state index in [4.69, 9.17) is 5.73 Å². The molecule has 2 aromatic rings. The molecule has 3 rings (SSSR count). The Bertz CT molecular complexity index is 540. The normalized spacial score (nSPS) is 22.7. The number of likely N-dealkylation sites (tertiary alicyclic amines) is 1. The maximum absolute atomic E-state index is 6.08. The summed E-state index contributed by atoms with van der Waals surface area (Å²) in [4.78, 5) is 3.88. The average molecular weight is 301 g/mol. The first-order valence-corrected chi connectivity index (χ1v) is 8.41. The third-order valence-corrected chi connectivity index (χ3v) is 5.17. The average Bonchev–Trinajstić information content (AvgIpc) is 3.17. The van der Waals surface area contributed by atoms with Gasteiger partial charge in [0.1, 0.15) is 0 Å². The molecule has 0 aliphatic carbocycles. The minimum Gasteiger partial charge on any atom is -0.329 e. The number of rotatable bonds is 6. The molecule has 0 spiro atoms. The molecule has 2 heterocycles. The Hall–Kier alpha value is -1.20. The van der Waals surface area contributed by atoms with E-state index >= 15 is 0 Å². The number of hydrogen-bond donors (Lipinski definition) is 2. The van der Waals surface area contributed by atoms with Gasteiger partial charge in [-0.15, -0.1) is 11.3 Å². The lowest BCUT2D eigenvalue weighted by molar-refractivity contribution is 0.277. The lowest BCUT2D eigenvalue weighted by atomic mass is 9.99. The first-order chi connectivity index (χ1) is 10.3. The molecule has 1 aliphatic rings. The SMILES string of the molecule is NCC1(NCc2cccs2)CCN(Cc2ccccc2)C1. The summed E-state index contributed by atoms with van der Waals surface area (Å²) >= 11 is 1.80. The predicted octanol–water partition coefficient (Wildman–Crippen LogP) is 2.44. The quantitative estimate of drug-likeness (QED) is 0.861. The molecule has 3 N–H and O–H groups in total. The molecule has 0 radical (unpaired) electrons. The number of thiophene rings is 1. The Morgan fingerprint density at radius 3 is 2.76 bits per heavy atom. The van der Waals surface area contributed by atoms with Crippen molar-refractivity contribution in [3.63, 3.8) is 0 Å². The second-order valence-corrected chi connectivity index (χ2v) is 6.90. The van der Waals surface area contributed by atoms with Crippen LogP contribution in [0.1, 0.15) is 16.9 Å². The summed E-state index contributed by atoms with van der Waals surface area (Å²) in [7, 11) is 0. The van der Waals surface area contributed by atoms with Gasteiger partial charge < -0.3 is 11.1 Å². The van der Waals surface area contributed by atoms with Gasteiger partial charge in [-0.2, -0.15) is 0 Å². The molecule has 1 aromatic carbocycles. The molecule has 0 saturated carbocycles. The van der Waals surface area contributed by atoms with Gasteiger partial charge in [0, 0.05) is 43.1 Å². The van der Waals surface area contributed by atoms with Crippen LogP contribution >= 0.6 is 11.3 Å². The first-order valence-electron chi connectivity index (χ1n) is 7.53. The molecule has 1 aliphatic heterocycles. The van der Waals surface area contributed by atoms with Crippen molar-refractivity contribution in [2.75, 3.05) is 19.6 Å². The Kier molecular flexibility index (Phi) is 4.70.